The lowest BCUT2D eigenvalue weighted by molar-refractivity contribution is -0.117. The zero-order chi connectivity index (χ0) is 21.2. The van der Waals surface area contributed by atoms with Gasteiger partial charge in [0, 0.05) is 6.08 Å². The highest BCUT2D eigenvalue weighted by Crippen LogP contribution is 2.30. The van der Waals surface area contributed by atoms with Gasteiger partial charge in [0.15, 0.2) is 11.5 Å². The van der Waals surface area contributed by atoms with Crippen molar-refractivity contribution in [2.45, 2.75) is 33.4 Å². The molecule has 29 heavy (non-hydrogen) atoms. The highest BCUT2D eigenvalue weighted by Gasteiger charge is 2.12. The van der Waals surface area contributed by atoms with Crippen molar-refractivity contribution < 1.29 is 27.8 Å². The van der Waals surface area contributed by atoms with Crippen LogP contribution < -0.4 is 19.5 Å². The molecule has 7 heteroatoms. The number of benzene rings is 2. The second-order valence-electron chi connectivity index (χ2n) is 6.08. The van der Waals surface area contributed by atoms with E-state index < -0.39 is 6.61 Å². The zero-order valence-electron chi connectivity index (χ0n) is 16.7. The van der Waals surface area contributed by atoms with Gasteiger partial charge in [0.05, 0.1) is 19.3 Å². The quantitative estimate of drug-likeness (QED) is 0.567. The summed E-state index contributed by atoms with van der Waals surface area (Å²) >= 11 is 0. The molecule has 2 aromatic carbocycles. The number of hydrogen-bond acceptors (Lipinski definition) is 4. The first-order valence-electron chi connectivity index (χ1n) is 9.35. The molecule has 0 saturated heterocycles. The van der Waals surface area contributed by atoms with Gasteiger partial charge in [-0.2, -0.15) is 8.78 Å². The van der Waals surface area contributed by atoms with Crippen molar-refractivity contribution in [3.63, 3.8) is 0 Å². The van der Waals surface area contributed by atoms with E-state index in [1.807, 2.05) is 39.0 Å². The molecule has 0 bridgehead atoms. The van der Waals surface area contributed by atoms with Gasteiger partial charge in [-0.1, -0.05) is 18.2 Å². The Labute approximate surface area is 169 Å². The summed E-state index contributed by atoms with van der Waals surface area (Å²) in [5.74, 6) is 1.08. The number of nitrogens with one attached hydrogen (secondary N) is 1. The molecular weight excluding hydrogens is 380 g/mol. The third-order valence-electron chi connectivity index (χ3n) is 3.96. The SMILES string of the molecule is CCOc1ccc(C(C)NC(=O)/C=C/c2ccc(OC(F)F)cc2)cc1OCC. The third-order valence-corrected chi connectivity index (χ3v) is 3.96. The van der Waals surface area contributed by atoms with Crippen LogP contribution in [0.1, 0.15) is 37.9 Å². The standard InChI is InChI=1S/C22H25F2NO4/c1-4-27-19-12-9-17(14-20(19)28-5-2)15(3)25-21(26)13-8-16-6-10-18(11-7-16)29-22(23)24/h6-15,22H,4-5H2,1-3H3,(H,25,26)/b13-8+. The lowest BCUT2D eigenvalue weighted by Crippen LogP contribution is -2.24. The number of hydrogen-bond donors (Lipinski definition) is 1. The lowest BCUT2D eigenvalue weighted by Gasteiger charge is -2.17. The minimum absolute atomic E-state index is 0.0656. The summed E-state index contributed by atoms with van der Waals surface area (Å²) in [5, 5.41) is 2.88. The topological polar surface area (TPSA) is 56.8 Å². The Hall–Kier alpha value is -3.09. The summed E-state index contributed by atoms with van der Waals surface area (Å²) in [6, 6.07) is 11.3. The molecular formula is C22H25F2NO4. The second kappa shape index (κ2) is 11.0. The molecule has 1 atom stereocenters. The Morgan fingerprint density at radius 3 is 2.31 bits per heavy atom. The molecule has 0 aliphatic carbocycles. The Bertz CT molecular complexity index is 822. The summed E-state index contributed by atoms with van der Waals surface area (Å²) in [6.07, 6.45) is 2.98. The average molecular weight is 405 g/mol. The third kappa shape index (κ3) is 7.10. The van der Waals surface area contributed by atoms with E-state index in [0.717, 1.165) is 5.56 Å². The summed E-state index contributed by atoms with van der Waals surface area (Å²) in [4.78, 5) is 12.2. The monoisotopic (exact) mass is 405 g/mol. The number of carbonyl (C=O) groups is 1. The molecule has 5 nitrogen and oxygen atoms in total. The van der Waals surface area contributed by atoms with Gasteiger partial charge >= 0.3 is 6.61 Å². The Morgan fingerprint density at radius 1 is 1.03 bits per heavy atom. The molecule has 156 valence electrons. The van der Waals surface area contributed by atoms with E-state index in [-0.39, 0.29) is 17.7 Å². The van der Waals surface area contributed by atoms with Crippen molar-refractivity contribution in [3.05, 3.63) is 59.7 Å². The van der Waals surface area contributed by atoms with Crippen molar-refractivity contribution in [1.29, 1.82) is 0 Å². The fourth-order valence-corrected chi connectivity index (χ4v) is 2.61. The summed E-state index contributed by atoms with van der Waals surface area (Å²) in [5.41, 5.74) is 1.57. The minimum Gasteiger partial charge on any atom is -0.490 e. The normalized spacial score (nSPS) is 12.1. The fraction of sp³-hybridized carbons (Fsp3) is 0.318. The van der Waals surface area contributed by atoms with Crippen LogP contribution in [0, 0.1) is 0 Å². The van der Waals surface area contributed by atoms with Gasteiger partial charge in [-0.3, -0.25) is 4.79 Å². The van der Waals surface area contributed by atoms with E-state index in [1.54, 1.807) is 18.2 Å². The molecule has 1 N–H and O–H groups in total. The van der Waals surface area contributed by atoms with Crippen LogP contribution >= 0.6 is 0 Å². The predicted octanol–water partition coefficient (Wildman–Crippen LogP) is 4.98. The van der Waals surface area contributed by atoms with Gasteiger partial charge in [0.25, 0.3) is 0 Å². The van der Waals surface area contributed by atoms with E-state index in [9.17, 15) is 13.6 Å². The molecule has 1 amide bonds. The van der Waals surface area contributed by atoms with E-state index in [0.29, 0.717) is 30.3 Å². The Morgan fingerprint density at radius 2 is 1.69 bits per heavy atom. The summed E-state index contributed by atoms with van der Waals surface area (Å²) < 4.78 is 39.8. The minimum atomic E-state index is -2.87. The Balaban J connectivity index is 1.99. The van der Waals surface area contributed by atoms with Crippen molar-refractivity contribution in [2.24, 2.45) is 0 Å². The molecule has 0 aliphatic heterocycles. The molecule has 0 aromatic heterocycles. The molecule has 0 aliphatic rings. The molecule has 0 saturated carbocycles. The highest BCUT2D eigenvalue weighted by atomic mass is 19.3. The van der Waals surface area contributed by atoms with Gasteiger partial charge in [0.1, 0.15) is 5.75 Å². The smallest absolute Gasteiger partial charge is 0.387 e. The molecule has 1 unspecified atom stereocenters. The molecule has 0 spiro atoms. The van der Waals surface area contributed by atoms with Gasteiger partial charge in [-0.15, -0.1) is 0 Å². The Kier molecular flexibility index (Phi) is 8.45. The maximum absolute atomic E-state index is 12.2. The average Bonchev–Trinajstić information content (AvgIpc) is 2.68. The first-order valence-corrected chi connectivity index (χ1v) is 9.35. The van der Waals surface area contributed by atoms with E-state index >= 15 is 0 Å². The van der Waals surface area contributed by atoms with Crippen LogP contribution in [0.2, 0.25) is 0 Å². The van der Waals surface area contributed by atoms with Crippen LogP contribution in [0.5, 0.6) is 17.2 Å². The lowest BCUT2D eigenvalue weighted by atomic mass is 10.1. The predicted molar refractivity (Wildman–Crippen MR) is 107 cm³/mol. The summed E-state index contributed by atoms with van der Waals surface area (Å²) in [7, 11) is 0. The van der Waals surface area contributed by atoms with Gasteiger partial charge in [0.2, 0.25) is 5.91 Å². The zero-order valence-corrected chi connectivity index (χ0v) is 16.7. The number of amides is 1. The van der Waals surface area contributed by atoms with Crippen LogP contribution in [-0.2, 0) is 4.79 Å². The van der Waals surface area contributed by atoms with E-state index in [2.05, 4.69) is 10.1 Å². The maximum atomic E-state index is 12.2. The number of ether oxygens (including phenoxy) is 3. The number of alkyl halides is 2. The molecule has 2 rings (SSSR count). The maximum Gasteiger partial charge on any atom is 0.387 e. The van der Waals surface area contributed by atoms with E-state index in [1.165, 1.54) is 18.2 Å². The largest absolute Gasteiger partial charge is 0.490 e. The fourth-order valence-electron chi connectivity index (χ4n) is 2.61. The number of rotatable bonds is 10. The van der Waals surface area contributed by atoms with Crippen LogP contribution in [0.25, 0.3) is 6.08 Å². The van der Waals surface area contributed by atoms with Gasteiger partial charge in [-0.25, -0.2) is 0 Å². The molecule has 0 fully saturated rings. The summed E-state index contributed by atoms with van der Waals surface area (Å²) in [6.45, 7) is 3.84. The van der Waals surface area contributed by atoms with Crippen molar-refractivity contribution in [1.82, 2.24) is 5.32 Å². The van der Waals surface area contributed by atoms with Crippen molar-refractivity contribution >= 4 is 12.0 Å². The van der Waals surface area contributed by atoms with Gasteiger partial charge in [-0.05, 0) is 62.2 Å². The van der Waals surface area contributed by atoms with Crippen molar-refractivity contribution in [3.8, 4) is 17.2 Å². The number of halogens is 2. The van der Waals surface area contributed by atoms with E-state index in [4.69, 9.17) is 9.47 Å². The van der Waals surface area contributed by atoms with Crippen LogP contribution in [0.3, 0.4) is 0 Å². The highest BCUT2D eigenvalue weighted by molar-refractivity contribution is 5.92. The van der Waals surface area contributed by atoms with Crippen LogP contribution in [0.15, 0.2) is 48.5 Å². The first kappa shape index (κ1) is 22.2. The first-order chi connectivity index (χ1) is 13.9. The number of carbonyl (C=O) groups excluding carboxylic acids is 1. The van der Waals surface area contributed by atoms with Crippen molar-refractivity contribution in [2.75, 3.05) is 13.2 Å². The van der Waals surface area contributed by atoms with Gasteiger partial charge < -0.3 is 19.5 Å². The van der Waals surface area contributed by atoms with Crippen LogP contribution in [0.4, 0.5) is 8.78 Å². The second-order valence-corrected chi connectivity index (χ2v) is 6.08. The van der Waals surface area contributed by atoms with Crippen LogP contribution in [-0.4, -0.2) is 25.7 Å². The molecule has 0 radical (unpaired) electrons. The molecule has 2 aromatic rings. The molecule has 0 heterocycles.